The van der Waals surface area contributed by atoms with Crippen LogP contribution in [0.2, 0.25) is 0 Å². The predicted octanol–water partition coefficient (Wildman–Crippen LogP) is 2.71. The maximum atomic E-state index is 13.5. The standard InChI is InChI=1S/C14H12F3NO3/c15-9-5-6-10(12(17)11(9)16)18-13(19)7-3-1-2-4-8(7)14(20)21/h1-2,5-8H,3-4H2,(H,18,19)(H,20,21)/t7-,8+/m0/s1. The van der Waals surface area contributed by atoms with Crippen LogP contribution in [0.1, 0.15) is 12.8 Å². The molecular formula is C14H12F3NO3. The van der Waals surface area contributed by atoms with Gasteiger partial charge in [-0.1, -0.05) is 12.2 Å². The van der Waals surface area contributed by atoms with E-state index in [-0.39, 0.29) is 12.8 Å². The Balaban J connectivity index is 2.20. The van der Waals surface area contributed by atoms with Crippen LogP contribution in [0.4, 0.5) is 18.9 Å². The summed E-state index contributed by atoms with van der Waals surface area (Å²) < 4.78 is 39.4. The molecule has 1 amide bonds. The number of aliphatic carboxylic acids is 1. The van der Waals surface area contributed by atoms with Crippen molar-refractivity contribution in [3.63, 3.8) is 0 Å². The number of nitrogens with one attached hydrogen (secondary N) is 1. The Hall–Kier alpha value is -2.31. The fourth-order valence-electron chi connectivity index (χ4n) is 2.22. The second-order valence-corrected chi connectivity index (χ2v) is 4.71. The number of anilines is 1. The highest BCUT2D eigenvalue weighted by Gasteiger charge is 2.34. The maximum absolute atomic E-state index is 13.5. The summed E-state index contributed by atoms with van der Waals surface area (Å²) in [6.45, 7) is 0. The summed E-state index contributed by atoms with van der Waals surface area (Å²) in [6, 6.07) is 1.57. The second kappa shape index (κ2) is 5.99. The lowest BCUT2D eigenvalue weighted by Crippen LogP contribution is -2.35. The number of halogens is 3. The maximum Gasteiger partial charge on any atom is 0.307 e. The lowest BCUT2D eigenvalue weighted by molar-refractivity contribution is -0.146. The van der Waals surface area contributed by atoms with Crippen LogP contribution in [-0.2, 0) is 9.59 Å². The van der Waals surface area contributed by atoms with Crippen LogP contribution in [0, 0.1) is 29.3 Å². The lowest BCUT2D eigenvalue weighted by atomic mass is 9.82. The summed E-state index contributed by atoms with van der Waals surface area (Å²) in [4.78, 5) is 23.1. The highest BCUT2D eigenvalue weighted by atomic mass is 19.2. The lowest BCUT2D eigenvalue weighted by Gasteiger charge is -2.24. The third-order valence-corrected chi connectivity index (χ3v) is 3.38. The molecule has 1 aromatic carbocycles. The number of rotatable bonds is 3. The zero-order chi connectivity index (χ0) is 15.6. The van der Waals surface area contributed by atoms with E-state index < -0.39 is 46.9 Å². The molecule has 2 atom stereocenters. The highest BCUT2D eigenvalue weighted by molar-refractivity contribution is 5.95. The largest absolute Gasteiger partial charge is 0.481 e. The van der Waals surface area contributed by atoms with Gasteiger partial charge in [0.15, 0.2) is 17.5 Å². The van der Waals surface area contributed by atoms with E-state index in [2.05, 4.69) is 5.32 Å². The Morgan fingerprint density at radius 3 is 2.29 bits per heavy atom. The first-order chi connectivity index (χ1) is 9.91. The van der Waals surface area contributed by atoms with Crippen LogP contribution >= 0.6 is 0 Å². The molecule has 1 aliphatic carbocycles. The van der Waals surface area contributed by atoms with Crippen molar-refractivity contribution in [3.05, 3.63) is 41.7 Å². The molecule has 0 fully saturated rings. The number of carbonyl (C=O) groups excluding carboxylic acids is 1. The van der Waals surface area contributed by atoms with Crippen molar-refractivity contribution in [2.45, 2.75) is 12.8 Å². The molecule has 0 radical (unpaired) electrons. The number of benzene rings is 1. The van der Waals surface area contributed by atoms with E-state index in [1.54, 1.807) is 12.2 Å². The molecule has 0 unspecified atom stereocenters. The van der Waals surface area contributed by atoms with Crippen molar-refractivity contribution < 1.29 is 27.9 Å². The monoisotopic (exact) mass is 299 g/mol. The first-order valence-electron chi connectivity index (χ1n) is 6.24. The molecule has 0 saturated carbocycles. The SMILES string of the molecule is O=C(Nc1ccc(F)c(F)c1F)[C@H]1CC=CC[C@H]1C(=O)O. The van der Waals surface area contributed by atoms with Crippen LogP contribution in [0.3, 0.4) is 0 Å². The average molecular weight is 299 g/mol. The van der Waals surface area contributed by atoms with E-state index in [0.717, 1.165) is 6.07 Å². The van der Waals surface area contributed by atoms with Gasteiger partial charge < -0.3 is 10.4 Å². The second-order valence-electron chi connectivity index (χ2n) is 4.71. The summed E-state index contributed by atoms with van der Waals surface area (Å²) >= 11 is 0. The van der Waals surface area contributed by atoms with Crippen LogP contribution in [0.5, 0.6) is 0 Å². The van der Waals surface area contributed by atoms with Gasteiger partial charge in [-0.05, 0) is 25.0 Å². The fraction of sp³-hybridized carbons (Fsp3) is 0.286. The average Bonchev–Trinajstić information content (AvgIpc) is 2.47. The number of carboxylic acids is 1. The van der Waals surface area contributed by atoms with Gasteiger partial charge in [-0.25, -0.2) is 13.2 Å². The number of hydrogen-bond donors (Lipinski definition) is 2. The summed E-state index contributed by atoms with van der Waals surface area (Å²) in [5.41, 5.74) is -0.516. The first-order valence-corrected chi connectivity index (χ1v) is 6.24. The van der Waals surface area contributed by atoms with Crippen molar-refractivity contribution in [1.82, 2.24) is 0 Å². The van der Waals surface area contributed by atoms with Crippen molar-refractivity contribution in [3.8, 4) is 0 Å². The van der Waals surface area contributed by atoms with Crippen molar-refractivity contribution in [2.75, 3.05) is 5.32 Å². The molecule has 1 aliphatic rings. The van der Waals surface area contributed by atoms with Crippen LogP contribution in [0.25, 0.3) is 0 Å². The van der Waals surface area contributed by atoms with Gasteiger partial charge in [-0.15, -0.1) is 0 Å². The smallest absolute Gasteiger partial charge is 0.307 e. The van der Waals surface area contributed by atoms with Gasteiger partial charge in [0.05, 0.1) is 17.5 Å². The van der Waals surface area contributed by atoms with Crippen molar-refractivity contribution in [2.24, 2.45) is 11.8 Å². The van der Waals surface area contributed by atoms with Gasteiger partial charge in [0.2, 0.25) is 5.91 Å². The van der Waals surface area contributed by atoms with E-state index in [1.807, 2.05) is 0 Å². The number of amides is 1. The van der Waals surface area contributed by atoms with Gasteiger partial charge >= 0.3 is 5.97 Å². The molecule has 2 N–H and O–H groups in total. The minimum absolute atomic E-state index is 0.188. The van der Waals surface area contributed by atoms with Crippen molar-refractivity contribution in [1.29, 1.82) is 0 Å². The minimum Gasteiger partial charge on any atom is -0.481 e. The van der Waals surface area contributed by atoms with Crippen LogP contribution in [-0.4, -0.2) is 17.0 Å². The molecular weight excluding hydrogens is 287 g/mol. The Labute approximate surface area is 118 Å². The summed E-state index contributed by atoms with van der Waals surface area (Å²) in [7, 11) is 0. The molecule has 0 heterocycles. The van der Waals surface area contributed by atoms with Gasteiger partial charge in [0, 0.05) is 0 Å². The van der Waals surface area contributed by atoms with Crippen LogP contribution in [0.15, 0.2) is 24.3 Å². The summed E-state index contributed by atoms with van der Waals surface area (Å²) in [6.07, 6.45) is 3.69. The van der Waals surface area contributed by atoms with Gasteiger partial charge in [0.25, 0.3) is 0 Å². The third-order valence-electron chi connectivity index (χ3n) is 3.38. The normalized spacial score (nSPS) is 21.1. The molecule has 2 rings (SSSR count). The molecule has 7 heteroatoms. The van der Waals surface area contributed by atoms with E-state index in [1.165, 1.54) is 0 Å². The zero-order valence-electron chi connectivity index (χ0n) is 10.8. The number of allylic oxidation sites excluding steroid dienone is 2. The summed E-state index contributed by atoms with van der Waals surface area (Å²) in [5.74, 6) is -8.26. The molecule has 0 aliphatic heterocycles. The van der Waals surface area contributed by atoms with E-state index in [4.69, 9.17) is 5.11 Å². The van der Waals surface area contributed by atoms with E-state index in [9.17, 15) is 22.8 Å². The number of hydrogen-bond acceptors (Lipinski definition) is 2. The quantitative estimate of drug-likeness (QED) is 0.666. The zero-order valence-corrected chi connectivity index (χ0v) is 10.8. The predicted molar refractivity (Wildman–Crippen MR) is 67.9 cm³/mol. The Morgan fingerprint density at radius 1 is 1.05 bits per heavy atom. The molecule has 0 saturated heterocycles. The van der Waals surface area contributed by atoms with E-state index >= 15 is 0 Å². The van der Waals surface area contributed by atoms with Gasteiger partial charge in [0.1, 0.15) is 0 Å². The third kappa shape index (κ3) is 3.07. The fourth-order valence-corrected chi connectivity index (χ4v) is 2.22. The molecule has 112 valence electrons. The molecule has 4 nitrogen and oxygen atoms in total. The highest BCUT2D eigenvalue weighted by Crippen LogP contribution is 2.28. The molecule has 0 bridgehead atoms. The van der Waals surface area contributed by atoms with Gasteiger partial charge in [-0.2, -0.15) is 0 Å². The molecule has 0 spiro atoms. The Bertz CT molecular complexity index is 616. The van der Waals surface area contributed by atoms with Gasteiger partial charge in [-0.3, -0.25) is 9.59 Å². The van der Waals surface area contributed by atoms with Crippen molar-refractivity contribution >= 4 is 17.6 Å². The number of carboxylic acid groups (broad SMARTS) is 1. The first kappa shape index (κ1) is 15.1. The molecule has 0 aromatic heterocycles. The summed E-state index contributed by atoms with van der Waals surface area (Å²) in [5, 5.41) is 11.2. The molecule has 1 aromatic rings. The van der Waals surface area contributed by atoms with Crippen LogP contribution < -0.4 is 5.32 Å². The van der Waals surface area contributed by atoms with E-state index in [0.29, 0.717) is 6.07 Å². The Morgan fingerprint density at radius 2 is 1.67 bits per heavy atom. The Kier molecular flexibility index (Phi) is 4.30. The minimum atomic E-state index is -1.69. The number of carbonyl (C=O) groups is 2. The topological polar surface area (TPSA) is 66.4 Å². The molecule has 21 heavy (non-hydrogen) atoms.